The van der Waals surface area contributed by atoms with E-state index in [1.54, 1.807) is 0 Å². The molecule has 0 aromatic rings. The van der Waals surface area contributed by atoms with E-state index in [-0.39, 0.29) is 0 Å². The van der Waals surface area contributed by atoms with E-state index in [1.807, 2.05) is 0 Å². The third-order valence-corrected chi connectivity index (χ3v) is 0.664. The van der Waals surface area contributed by atoms with Crippen molar-refractivity contribution in [2.45, 2.75) is 0 Å². The first kappa shape index (κ1) is 3.16. The molecular formula is C4H6O. The van der Waals surface area contributed by atoms with Crippen molar-refractivity contribution in [1.82, 2.24) is 0 Å². The Balaban J connectivity index is 2.08. The van der Waals surface area contributed by atoms with Gasteiger partial charge in [0.1, 0.15) is 0 Å². The second kappa shape index (κ2) is 0.977. The van der Waals surface area contributed by atoms with Crippen molar-refractivity contribution in [3.63, 3.8) is 0 Å². The van der Waals surface area contributed by atoms with Crippen molar-refractivity contribution in [3.8, 4) is 0 Å². The van der Waals surface area contributed by atoms with Crippen LogP contribution in [0.25, 0.3) is 0 Å². The molecule has 0 amide bonds. The molecule has 0 saturated carbocycles. The maximum atomic E-state index is 5.25. The summed E-state index contributed by atoms with van der Waals surface area (Å²) in [7, 11) is 0. The van der Waals surface area contributed by atoms with Crippen LogP contribution in [0.4, 0.5) is 0 Å². The summed E-state index contributed by atoms with van der Waals surface area (Å²) in [4.78, 5) is 0. The highest BCUT2D eigenvalue weighted by atomic mass is 16.5. The molecule has 1 rings (SSSR count). The minimum absolute atomic E-state index is 0.343. The summed E-state index contributed by atoms with van der Waals surface area (Å²) in [6.07, 6.45) is 0. The van der Waals surface area contributed by atoms with Crippen LogP contribution in [0.5, 0.6) is 0 Å². The topological polar surface area (TPSA) is 9.23 Å². The van der Waals surface area contributed by atoms with Gasteiger partial charge < -0.3 is 4.74 Å². The molecule has 1 nitrogen and oxygen atoms in total. The van der Waals surface area contributed by atoms with E-state index in [2.05, 4.69) is 0 Å². The maximum Gasteiger partial charge on any atom is 0.0519 e. The Labute approximate surface area is 31.9 Å². The maximum absolute atomic E-state index is 5.25. The van der Waals surface area contributed by atoms with Crippen molar-refractivity contribution in [2.24, 2.45) is 5.92 Å². The molecule has 0 aliphatic carbocycles. The number of rotatable bonds is 0. The molecule has 1 aliphatic rings. The van der Waals surface area contributed by atoms with Gasteiger partial charge in [-0.05, 0) is 6.92 Å². The molecule has 0 bridgehead atoms. The second-order valence-electron chi connectivity index (χ2n) is 1.30. The predicted octanol–water partition coefficient (Wildman–Crippen LogP) is 0.344. The molecule has 1 heteroatoms. The lowest BCUT2D eigenvalue weighted by Crippen LogP contribution is -2.23. The first-order valence-electron chi connectivity index (χ1n) is 1.73. The Morgan fingerprint density at radius 1 is 1.60 bits per heavy atom. The van der Waals surface area contributed by atoms with Crippen LogP contribution in [0.3, 0.4) is 0 Å². The molecule has 28 valence electrons. The summed E-state index contributed by atoms with van der Waals surface area (Å²) >= 11 is 0. The van der Waals surface area contributed by atoms with Crippen molar-refractivity contribution in [1.29, 1.82) is 0 Å². The Hall–Kier alpha value is -0.0400. The van der Waals surface area contributed by atoms with Crippen molar-refractivity contribution >= 4 is 0 Å². The molecule has 0 unspecified atom stereocenters. The lowest BCUT2D eigenvalue weighted by atomic mass is 10.2. The highest BCUT2D eigenvalue weighted by Crippen LogP contribution is 2.05. The molecule has 0 atom stereocenters. The smallest absolute Gasteiger partial charge is 0.0519 e. The molecule has 1 fully saturated rings. The summed E-state index contributed by atoms with van der Waals surface area (Å²) in [5.74, 6) is 0.343. The zero-order valence-electron chi connectivity index (χ0n) is 2.98. The second-order valence-corrected chi connectivity index (χ2v) is 1.30. The summed E-state index contributed by atoms with van der Waals surface area (Å²) in [5.41, 5.74) is 0. The zero-order chi connectivity index (χ0) is 3.70. The van der Waals surface area contributed by atoms with Gasteiger partial charge >= 0.3 is 0 Å². The van der Waals surface area contributed by atoms with Crippen LogP contribution in [0.2, 0.25) is 0 Å². The molecule has 1 aliphatic heterocycles. The average molecular weight is 70.1 g/mol. The fourth-order valence-electron chi connectivity index (χ4n) is 0.254. The lowest BCUT2D eigenvalue weighted by Gasteiger charge is -2.20. The minimum Gasteiger partial charge on any atom is -0.381 e. The van der Waals surface area contributed by atoms with E-state index in [0.29, 0.717) is 5.92 Å². The van der Waals surface area contributed by atoms with E-state index in [1.165, 1.54) is 0 Å². The standard InChI is InChI=1S/C4H6O/c1-4-2-5-3-4/h1,4H,2-3H2. The minimum atomic E-state index is 0.343. The lowest BCUT2D eigenvalue weighted by molar-refractivity contribution is -0.00912. The highest BCUT2D eigenvalue weighted by Gasteiger charge is 2.10. The monoisotopic (exact) mass is 70.0 g/mol. The molecule has 5 heavy (non-hydrogen) atoms. The van der Waals surface area contributed by atoms with Crippen LogP contribution in [-0.4, -0.2) is 13.2 Å². The van der Waals surface area contributed by atoms with Gasteiger partial charge in [0.15, 0.2) is 0 Å². The van der Waals surface area contributed by atoms with Gasteiger partial charge in [0.2, 0.25) is 0 Å². The Morgan fingerprint density at radius 3 is 2.00 bits per heavy atom. The third kappa shape index (κ3) is 0.428. The molecule has 2 radical (unpaired) electrons. The van der Waals surface area contributed by atoms with Crippen LogP contribution in [0.15, 0.2) is 0 Å². The number of ether oxygens (including phenoxy) is 1. The van der Waals surface area contributed by atoms with Gasteiger partial charge in [-0.1, -0.05) is 0 Å². The fourth-order valence-corrected chi connectivity index (χ4v) is 0.254. The molecule has 0 spiro atoms. The molecule has 1 saturated heterocycles. The van der Waals surface area contributed by atoms with Gasteiger partial charge in [-0.3, -0.25) is 0 Å². The van der Waals surface area contributed by atoms with Gasteiger partial charge in [0.25, 0.3) is 0 Å². The first-order valence-corrected chi connectivity index (χ1v) is 1.73. The normalized spacial score (nSPS) is 25.8. The fraction of sp³-hybridized carbons (Fsp3) is 0.750. The number of hydrogen-bond acceptors (Lipinski definition) is 1. The molecule has 0 aromatic heterocycles. The summed E-state index contributed by atoms with van der Waals surface area (Å²) in [6, 6.07) is 0. The van der Waals surface area contributed by atoms with Crippen LogP contribution in [0.1, 0.15) is 0 Å². The van der Waals surface area contributed by atoms with E-state index >= 15 is 0 Å². The van der Waals surface area contributed by atoms with Crippen molar-refractivity contribution < 1.29 is 4.74 Å². The van der Waals surface area contributed by atoms with E-state index in [0.717, 1.165) is 13.2 Å². The van der Waals surface area contributed by atoms with Gasteiger partial charge in [-0.15, -0.1) is 0 Å². The van der Waals surface area contributed by atoms with E-state index in [4.69, 9.17) is 11.7 Å². The highest BCUT2D eigenvalue weighted by molar-refractivity contribution is 4.65. The van der Waals surface area contributed by atoms with Crippen LogP contribution >= 0.6 is 0 Å². The van der Waals surface area contributed by atoms with Crippen LogP contribution < -0.4 is 0 Å². The van der Waals surface area contributed by atoms with Gasteiger partial charge in [-0.25, -0.2) is 0 Å². The predicted molar refractivity (Wildman–Crippen MR) is 18.6 cm³/mol. The quantitative estimate of drug-likeness (QED) is 0.399. The third-order valence-electron chi connectivity index (χ3n) is 0.664. The average Bonchev–Trinajstić information content (AvgIpc) is 1.30. The van der Waals surface area contributed by atoms with Gasteiger partial charge in [0.05, 0.1) is 13.2 Å². The Bertz CT molecular complexity index is 30.6. The zero-order valence-corrected chi connectivity index (χ0v) is 2.98. The summed E-state index contributed by atoms with van der Waals surface area (Å²) in [6.45, 7) is 6.78. The van der Waals surface area contributed by atoms with E-state index in [9.17, 15) is 0 Å². The molecule has 0 aromatic carbocycles. The van der Waals surface area contributed by atoms with E-state index < -0.39 is 0 Å². The Kier molecular flexibility index (Phi) is 0.618. The largest absolute Gasteiger partial charge is 0.381 e. The first-order chi connectivity index (χ1) is 2.39. The molecule has 0 N–H and O–H groups in total. The molecule has 1 heterocycles. The van der Waals surface area contributed by atoms with Crippen LogP contribution in [-0.2, 0) is 4.74 Å². The summed E-state index contributed by atoms with van der Waals surface area (Å²) in [5, 5.41) is 0. The van der Waals surface area contributed by atoms with Crippen molar-refractivity contribution in [3.05, 3.63) is 6.92 Å². The number of hydrogen-bond donors (Lipinski definition) is 0. The molecular weight excluding hydrogens is 64.0 g/mol. The van der Waals surface area contributed by atoms with Gasteiger partial charge in [0, 0.05) is 5.92 Å². The Morgan fingerprint density at radius 2 is 2.00 bits per heavy atom. The SMILES string of the molecule is [CH]C1COC1. The summed E-state index contributed by atoms with van der Waals surface area (Å²) < 4.78 is 4.71. The van der Waals surface area contributed by atoms with Crippen LogP contribution in [0, 0.1) is 12.8 Å². The van der Waals surface area contributed by atoms with Crippen molar-refractivity contribution in [2.75, 3.05) is 13.2 Å². The van der Waals surface area contributed by atoms with Gasteiger partial charge in [-0.2, -0.15) is 0 Å².